The molecular formula is C22H28N2O4S. The highest BCUT2D eigenvalue weighted by Crippen LogP contribution is 2.32. The number of benzene rings is 2. The number of para-hydroxylation sites is 1. The highest BCUT2D eigenvalue weighted by molar-refractivity contribution is 7.62. The van der Waals surface area contributed by atoms with Crippen LogP contribution in [0.25, 0.3) is 0 Å². The number of rotatable bonds is 5. The highest BCUT2D eigenvalue weighted by atomic mass is 32.2. The zero-order chi connectivity index (χ0) is 22.0. The zero-order valence-electron chi connectivity index (χ0n) is 17.5. The van der Waals surface area contributed by atoms with Crippen LogP contribution in [0.4, 0.5) is 10.5 Å². The summed E-state index contributed by atoms with van der Waals surface area (Å²) < 4.78 is 23.8. The van der Waals surface area contributed by atoms with Gasteiger partial charge in [0.25, 0.3) is 0 Å². The molecule has 0 aromatic heterocycles. The molecule has 0 spiro atoms. The molecule has 0 aliphatic heterocycles. The van der Waals surface area contributed by atoms with Crippen molar-refractivity contribution in [3.05, 3.63) is 65.2 Å². The number of Topliss-reactive ketones (excluding diaryl/α,β-unsaturated/α-hetero) is 1. The van der Waals surface area contributed by atoms with E-state index >= 15 is 0 Å². The summed E-state index contributed by atoms with van der Waals surface area (Å²) in [4.78, 5) is 22.5. The Bertz CT molecular complexity index is 931. The van der Waals surface area contributed by atoms with Crippen LogP contribution in [-0.4, -0.2) is 20.2 Å². The van der Waals surface area contributed by atoms with Gasteiger partial charge in [0.15, 0.2) is 5.78 Å². The van der Waals surface area contributed by atoms with Crippen LogP contribution < -0.4 is 5.32 Å². The molecule has 0 aliphatic carbocycles. The molecule has 0 atom stereocenters. The van der Waals surface area contributed by atoms with Gasteiger partial charge in [-0.25, -0.2) is 4.79 Å². The number of nitrogens with zero attached hydrogens (tertiary/aromatic N) is 1. The van der Waals surface area contributed by atoms with Gasteiger partial charge in [0.2, 0.25) is 0 Å². The molecule has 2 amide bonds. The van der Waals surface area contributed by atoms with Gasteiger partial charge < -0.3 is 5.32 Å². The first-order chi connectivity index (χ1) is 13.7. The summed E-state index contributed by atoms with van der Waals surface area (Å²) in [7, 11) is -2.74. The number of anilines is 1. The molecule has 2 aromatic rings. The van der Waals surface area contributed by atoms with Crippen LogP contribution in [0.1, 0.15) is 74.4 Å². The second-order valence-corrected chi connectivity index (χ2v) is 7.62. The molecule has 2 aromatic carbocycles. The van der Waals surface area contributed by atoms with Crippen molar-refractivity contribution in [3.8, 4) is 0 Å². The molecule has 0 radical (unpaired) electrons. The quantitative estimate of drug-likeness (QED) is 0.623. The topological polar surface area (TPSA) is 92.7 Å². The van der Waals surface area contributed by atoms with Gasteiger partial charge in [-0.3, -0.25) is 4.79 Å². The van der Waals surface area contributed by atoms with Gasteiger partial charge in [0, 0.05) is 17.7 Å². The Morgan fingerprint density at radius 2 is 1.41 bits per heavy atom. The summed E-state index contributed by atoms with van der Waals surface area (Å²) in [5, 5.41) is 2.57. The van der Waals surface area contributed by atoms with Gasteiger partial charge in [-0.15, -0.1) is 0 Å². The molecule has 0 unspecified atom stereocenters. The minimum atomic E-state index is -2.74. The second-order valence-electron chi connectivity index (χ2n) is 7.00. The van der Waals surface area contributed by atoms with E-state index in [4.69, 9.17) is 0 Å². The third-order valence-corrected chi connectivity index (χ3v) is 4.49. The van der Waals surface area contributed by atoms with E-state index in [9.17, 15) is 18.0 Å². The van der Waals surface area contributed by atoms with E-state index in [2.05, 4.69) is 9.68 Å². The summed E-state index contributed by atoms with van der Waals surface area (Å²) in [6, 6.07) is 14.2. The number of hydrogen-bond donors (Lipinski definition) is 1. The average molecular weight is 417 g/mol. The molecular weight excluding hydrogens is 388 g/mol. The Morgan fingerprint density at radius 3 is 1.83 bits per heavy atom. The average Bonchev–Trinajstić information content (AvgIpc) is 2.67. The van der Waals surface area contributed by atoms with Crippen LogP contribution in [0.15, 0.2) is 52.9 Å². The van der Waals surface area contributed by atoms with Crippen LogP contribution >= 0.6 is 0 Å². The fourth-order valence-electron chi connectivity index (χ4n) is 2.72. The van der Waals surface area contributed by atoms with Crippen LogP contribution in [0, 0.1) is 0 Å². The van der Waals surface area contributed by atoms with Gasteiger partial charge in [-0.05, 0) is 23.0 Å². The Labute approximate surface area is 174 Å². The van der Waals surface area contributed by atoms with Gasteiger partial charge in [-0.1, -0.05) is 87.5 Å². The SMILES string of the molecule is CC(C)c1cccc(C(C)C)c1NC(=O)N=S(=O)=O.CCC(=O)c1ccccc1. The van der Waals surface area contributed by atoms with Gasteiger partial charge in [0.05, 0.1) is 0 Å². The molecule has 0 saturated carbocycles. The Morgan fingerprint density at radius 1 is 0.897 bits per heavy atom. The van der Waals surface area contributed by atoms with Crippen LogP contribution in [-0.2, 0) is 10.5 Å². The molecule has 6 nitrogen and oxygen atoms in total. The largest absolute Gasteiger partial charge is 0.360 e. The fourth-order valence-corrected chi connectivity index (χ4v) is 2.90. The lowest BCUT2D eigenvalue weighted by Gasteiger charge is -2.18. The molecule has 29 heavy (non-hydrogen) atoms. The second kappa shape index (κ2) is 11.9. The molecule has 0 heterocycles. The first kappa shape index (κ1) is 24.2. The Hall–Kier alpha value is -2.80. The minimum absolute atomic E-state index is 0.209. The van der Waals surface area contributed by atoms with Crippen molar-refractivity contribution in [1.82, 2.24) is 0 Å². The van der Waals surface area contributed by atoms with Crippen molar-refractivity contribution in [2.75, 3.05) is 5.32 Å². The van der Waals surface area contributed by atoms with Crippen molar-refractivity contribution >= 4 is 28.0 Å². The summed E-state index contributed by atoms with van der Waals surface area (Å²) in [5.41, 5.74) is 3.40. The van der Waals surface area contributed by atoms with Gasteiger partial charge in [-0.2, -0.15) is 8.42 Å². The van der Waals surface area contributed by atoms with Crippen molar-refractivity contribution in [3.63, 3.8) is 0 Å². The maximum atomic E-state index is 11.5. The molecule has 7 heteroatoms. The molecule has 156 valence electrons. The van der Waals surface area contributed by atoms with Crippen LogP contribution in [0.3, 0.4) is 0 Å². The van der Waals surface area contributed by atoms with E-state index in [1.807, 2.05) is 83.1 Å². The fraction of sp³-hybridized carbons (Fsp3) is 0.364. The zero-order valence-corrected chi connectivity index (χ0v) is 18.3. The highest BCUT2D eigenvalue weighted by Gasteiger charge is 2.15. The third-order valence-electron chi connectivity index (χ3n) is 4.18. The van der Waals surface area contributed by atoms with E-state index in [1.165, 1.54) is 0 Å². The van der Waals surface area contributed by atoms with Crippen molar-refractivity contribution < 1.29 is 18.0 Å². The lowest BCUT2D eigenvalue weighted by Crippen LogP contribution is -2.12. The summed E-state index contributed by atoms with van der Waals surface area (Å²) >= 11 is 0. The summed E-state index contributed by atoms with van der Waals surface area (Å²) in [5.74, 6) is 0.638. The molecule has 0 fully saturated rings. The third kappa shape index (κ3) is 7.99. The van der Waals surface area contributed by atoms with E-state index in [0.717, 1.165) is 16.7 Å². The number of hydrogen-bond acceptors (Lipinski definition) is 4. The molecule has 0 aliphatic rings. The predicted molar refractivity (Wildman–Crippen MR) is 116 cm³/mol. The van der Waals surface area contributed by atoms with Crippen LogP contribution in [0.2, 0.25) is 0 Å². The van der Waals surface area contributed by atoms with Gasteiger partial charge in [0.1, 0.15) is 0 Å². The number of amides is 2. The van der Waals surface area contributed by atoms with Crippen molar-refractivity contribution in [1.29, 1.82) is 0 Å². The lowest BCUT2D eigenvalue weighted by atomic mass is 9.93. The minimum Gasteiger partial charge on any atom is -0.305 e. The van der Waals surface area contributed by atoms with E-state index in [-0.39, 0.29) is 17.6 Å². The summed E-state index contributed by atoms with van der Waals surface area (Å²) in [6.07, 6.45) is 0.587. The summed E-state index contributed by atoms with van der Waals surface area (Å²) in [6.45, 7) is 9.92. The molecule has 2 rings (SSSR count). The smallest absolute Gasteiger partial charge is 0.305 e. The first-order valence-electron chi connectivity index (χ1n) is 9.50. The predicted octanol–water partition coefficient (Wildman–Crippen LogP) is 5.81. The lowest BCUT2D eigenvalue weighted by molar-refractivity contribution is 0.0988. The molecule has 0 bridgehead atoms. The normalized spacial score (nSPS) is 10.2. The Balaban J connectivity index is 0.000000352. The van der Waals surface area contributed by atoms with Crippen molar-refractivity contribution in [2.45, 2.75) is 52.9 Å². The maximum absolute atomic E-state index is 11.5. The van der Waals surface area contributed by atoms with E-state index in [1.54, 1.807) is 0 Å². The van der Waals surface area contributed by atoms with E-state index in [0.29, 0.717) is 12.1 Å². The number of ketones is 1. The number of urea groups is 1. The van der Waals surface area contributed by atoms with Crippen molar-refractivity contribution in [2.24, 2.45) is 4.36 Å². The van der Waals surface area contributed by atoms with Crippen LogP contribution in [0.5, 0.6) is 0 Å². The number of nitrogens with one attached hydrogen (secondary N) is 1. The monoisotopic (exact) mass is 416 g/mol. The first-order valence-corrected chi connectivity index (χ1v) is 10.5. The van der Waals surface area contributed by atoms with Gasteiger partial charge >= 0.3 is 16.5 Å². The molecule has 0 saturated heterocycles. The Kier molecular flexibility index (Phi) is 9.96. The molecule has 1 N–H and O–H groups in total. The standard InChI is InChI=1S/C13H18N2O3S.C9H10O/c1-8(2)10-6-5-7-11(9(3)4)12(10)14-13(16)15-19(17)18;1-2-9(10)8-6-4-3-5-7-8/h5-9H,1-4H3,(H,14,16);3-7H,2H2,1H3. The number of carbonyl (C=O) groups excluding carboxylic acids is 2. The maximum Gasteiger partial charge on any atom is 0.360 e. The van der Waals surface area contributed by atoms with E-state index < -0.39 is 16.5 Å². The number of carbonyl (C=O) groups is 2.